The van der Waals surface area contributed by atoms with Crippen molar-refractivity contribution in [2.45, 2.75) is 48.4 Å². The highest BCUT2D eigenvalue weighted by molar-refractivity contribution is 7.89. The van der Waals surface area contributed by atoms with Gasteiger partial charge >= 0.3 is 0 Å². The SMILES string of the molecule is Cc1ccc(C2CCCN2S(=O)(=O)c2ccc(S(=O)(=O)N3CCCC3)cc2)cc1. The van der Waals surface area contributed by atoms with E-state index >= 15 is 0 Å². The summed E-state index contributed by atoms with van der Waals surface area (Å²) in [6, 6.07) is 13.4. The summed E-state index contributed by atoms with van der Waals surface area (Å²) in [5.74, 6) is 0. The lowest BCUT2D eigenvalue weighted by atomic mass is 10.0. The summed E-state index contributed by atoms with van der Waals surface area (Å²) in [5.41, 5.74) is 2.13. The van der Waals surface area contributed by atoms with Crippen LogP contribution in [-0.2, 0) is 20.0 Å². The number of nitrogens with zero attached hydrogens (tertiary/aromatic N) is 2. The molecule has 2 aromatic carbocycles. The lowest BCUT2D eigenvalue weighted by Gasteiger charge is -2.25. The Morgan fingerprint density at radius 2 is 1.28 bits per heavy atom. The maximum atomic E-state index is 13.3. The number of benzene rings is 2. The van der Waals surface area contributed by atoms with E-state index in [9.17, 15) is 16.8 Å². The van der Waals surface area contributed by atoms with Gasteiger partial charge in [0.25, 0.3) is 0 Å². The van der Waals surface area contributed by atoms with E-state index in [4.69, 9.17) is 0 Å². The van der Waals surface area contributed by atoms with E-state index in [1.807, 2.05) is 31.2 Å². The van der Waals surface area contributed by atoms with Crippen molar-refractivity contribution < 1.29 is 16.8 Å². The van der Waals surface area contributed by atoms with E-state index in [0.717, 1.165) is 36.8 Å². The Bertz CT molecular complexity index is 1070. The fraction of sp³-hybridized carbons (Fsp3) is 0.429. The van der Waals surface area contributed by atoms with Gasteiger partial charge in [-0.1, -0.05) is 29.8 Å². The molecule has 2 heterocycles. The average Bonchev–Trinajstić information content (AvgIpc) is 3.41. The zero-order valence-electron chi connectivity index (χ0n) is 16.5. The molecule has 2 aromatic rings. The smallest absolute Gasteiger partial charge is 0.207 e. The van der Waals surface area contributed by atoms with E-state index < -0.39 is 20.0 Å². The van der Waals surface area contributed by atoms with Crippen molar-refractivity contribution >= 4 is 20.0 Å². The molecule has 2 aliphatic rings. The van der Waals surface area contributed by atoms with Crippen molar-refractivity contribution in [1.29, 1.82) is 0 Å². The minimum Gasteiger partial charge on any atom is -0.207 e. The van der Waals surface area contributed by atoms with E-state index in [1.54, 1.807) is 4.31 Å². The second-order valence-electron chi connectivity index (χ2n) is 7.77. The van der Waals surface area contributed by atoms with Crippen molar-refractivity contribution in [2.24, 2.45) is 0 Å². The Hall–Kier alpha value is -1.74. The Labute approximate surface area is 173 Å². The summed E-state index contributed by atoms with van der Waals surface area (Å²) in [7, 11) is -7.26. The quantitative estimate of drug-likeness (QED) is 0.724. The lowest BCUT2D eigenvalue weighted by Crippen LogP contribution is -2.31. The third-order valence-corrected chi connectivity index (χ3v) is 9.63. The molecule has 6 nitrogen and oxygen atoms in total. The van der Waals surface area contributed by atoms with Crippen LogP contribution in [-0.4, -0.2) is 45.1 Å². The summed E-state index contributed by atoms with van der Waals surface area (Å²) in [6.45, 7) is 3.52. The molecule has 0 N–H and O–H groups in total. The molecule has 29 heavy (non-hydrogen) atoms. The second-order valence-corrected chi connectivity index (χ2v) is 11.6. The van der Waals surface area contributed by atoms with E-state index in [2.05, 4.69) is 0 Å². The van der Waals surface area contributed by atoms with E-state index in [-0.39, 0.29) is 15.8 Å². The highest BCUT2D eigenvalue weighted by atomic mass is 32.2. The fourth-order valence-electron chi connectivity index (χ4n) is 4.15. The molecule has 0 spiro atoms. The Morgan fingerprint density at radius 3 is 1.86 bits per heavy atom. The van der Waals surface area contributed by atoms with Crippen LogP contribution in [0.3, 0.4) is 0 Å². The number of hydrogen-bond acceptors (Lipinski definition) is 4. The fourth-order valence-corrected chi connectivity index (χ4v) is 7.35. The third-order valence-electron chi connectivity index (χ3n) is 5.80. The molecule has 2 aliphatic heterocycles. The van der Waals surface area contributed by atoms with Crippen LogP contribution in [0.2, 0.25) is 0 Å². The Morgan fingerprint density at radius 1 is 0.724 bits per heavy atom. The van der Waals surface area contributed by atoms with Crippen LogP contribution in [0, 0.1) is 6.92 Å². The zero-order valence-corrected chi connectivity index (χ0v) is 18.1. The minimum atomic E-state index is -3.70. The van der Waals surface area contributed by atoms with Crippen molar-refractivity contribution in [2.75, 3.05) is 19.6 Å². The maximum Gasteiger partial charge on any atom is 0.243 e. The zero-order chi connectivity index (χ0) is 20.6. The monoisotopic (exact) mass is 434 g/mol. The Kier molecular flexibility index (Phi) is 5.54. The molecule has 0 bridgehead atoms. The molecule has 8 heteroatoms. The maximum absolute atomic E-state index is 13.3. The topological polar surface area (TPSA) is 74.8 Å². The molecule has 2 fully saturated rings. The van der Waals surface area contributed by atoms with Crippen LogP contribution in [0.1, 0.15) is 42.9 Å². The van der Waals surface area contributed by atoms with Crippen LogP contribution in [0.4, 0.5) is 0 Å². The van der Waals surface area contributed by atoms with Crippen LogP contribution >= 0.6 is 0 Å². The van der Waals surface area contributed by atoms with Crippen LogP contribution in [0.25, 0.3) is 0 Å². The van der Waals surface area contributed by atoms with E-state index in [0.29, 0.717) is 19.6 Å². The van der Waals surface area contributed by atoms with Crippen molar-refractivity contribution in [3.63, 3.8) is 0 Å². The highest BCUT2D eigenvalue weighted by Crippen LogP contribution is 2.36. The Balaban J connectivity index is 1.60. The summed E-state index contributed by atoms with van der Waals surface area (Å²) < 4.78 is 54.9. The first-order valence-electron chi connectivity index (χ1n) is 9.99. The highest BCUT2D eigenvalue weighted by Gasteiger charge is 2.36. The summed E-state index contributed by atoms with van der Waals surface area (Å²) in [6.07, 6.45) is 3.31. The molecule has 0 aliphatic carbocycles. The molecule has 1 atom stereocenters. The first kappa shape index (κ1) is 20.5. The molecular weight excluding hydrogens is 408 g/mol. The minimum absolute atomic E-state index is 0.136. The number of sulfonamides is 2. The number of aryl methyl sites for hydroxylation is 1. The normalized spacial score (nSPS) is 21.6. The standard InChI is InChI=1S/C21H26N2O4S2/c1-17-6-8-18(9-7-17)21-5-4-16-23(21)29(26,27)20-12-10-19(11-13-20)28(24,25)22-14-2-3-15-22/h6-13,21H,2-5,14-16H2,1H3. The van der Waals surface area contributed by atoms with Gasteiger partial charge in [-0.2, -0.15) is 8.61 Å². The predicted molar refractivity (Wildman–Crippen MR) is 111 cm³/mol. The summed E-state index contributed by atoms with van der Waals surface area (Å²) in [5, 5.41) is 0. The molecule has 0 saturated carbocycles. The van der Waals surface area contributed by atoms with Gasteiger partial charge in [0.1, 0.15) is 0 Å². The predicted octanol–water partition coefficient (Wildman–Crippen LogP) is 3.31. The van der Waals surface area contributed by atoms with Gasteiger partial charge in [-0.25, -0.2) is 16.8 Å². The molecule has 0 amide bonds. The van der Waals surface area contributed by atoms with Crippen molar-refractivity contribution in [3.8, 4) is 0 Å². The van der Waals surface area contributed by atoms with Gasteiger partial charge in [0.05, 0.1) is 15.8 Å². The molecule has 0 aromatic heterocycles. The summed E-state index contributed by atoms with van der Waals surface area (Å²) >= 11 is 0. The first-order chi connectivity index (χ1) is 13.8. The molecule has 156 valence electrons. The molecular formula is C21H26N2O4S2. The van der Waals surface area contributed by atoms with Gasteiger partial charge in [-0.05, 0) is 62.4 Å². The second kappa shape index (κ2) is 7.83. The number of rotatable bonds is 5. The molecule has 4 rings (SSSR count). The van der Waals surface area contributed by atoms with Crippen molar-refractivity contribution in [3.05, 3.63) is 59.7 Å². The van der Waals surface area contributed by atoms with Gasteiger partial charge in [0.15, 0.2) is 0 Å². The molecule has 0 radical (unpaired) electrons. The number of hydrogen-bond donors (Lipinski definition) is 0. The van der Waals surface area contributed by atoms with Gasteiger partial charge in [0.2, 0.25) is 20.0 Å². The van der Waals surface area contributed by atoms with Gasteiger partial charge in [-0.3, -0.25) is 0 Å². The third kappa shape index (κ3) is 3.86. The largest absolute Gasteiger partial charge is 0.243 e. The molecule has 1 unspecified atom stereocenters. The first-order valence-corrected chi connectivity index (χ1v) is 12.9. The van der Waals surface area contributed by atoms with Gasteiger partial charge in [0, 0.05) is 19.6 Å². The van der Waals surface area contributed by atoms with Gasteiger partial charge < -0.3 is 0 Å². The molecule has 2 saturated heterocycles. The van der Waals surface area contributed by atoms with E-state index in [1.165, 1.54) is 28.6 Å². The average molecular weight is 435 g/mol. The van der Waals surface area contributed by atoms with Crippen molar-refractivity contribution in [1.82, 2.24) is 8.61 Å². The van der Waals surface area contributed by atoms with Crippen LogP contribution < -0.4 is 0 Å². The lowest BCUT2D eigenvalue weighted by molar-refractivity contribution is 0.396. The van der Waals surface area contributed by atoms with Crippen LogP contribution in [0.15, 0.2) is 58.3 Å². The summed E-state index contributed by atoms with van der Waals surface area (Å²) in [4.78, 5) is 0.284. The van der Waals surface area contributed by atoms with Gasteiger partial charge in [-0.15, -0.1) is 0 Å². The van der Waals surface area contributed by atoms with Crippen LogP contribution in [0.5, 0.6) is 0 Å².